The minimum atomic E-state index is -4.40. The Hall–Kier alpha value is -2.64. The lowest BCUT2D eigenvalue weighted by molar-refractivity contribution is -0.137. The number of carbonyl (C=O) groups is 1. The summed E-state index contributed by atoms with van der Waals surface area (Å²) in [5.74, 6) is 0. The maximum atomic E-state index is 12.6. The number of amides is 1. The molecular weight excluding hydrogens is 311 g/mol. The van der Waals surface area contributed by atoms with Crippen LogP contribution >= 0.6 is 0 Å². The van der Waals surface area contributed by atoms with Crippen LogP contribution in [0.3, 0.4) is 0 Å². The number of hydrogen-bond donors (Lipinski definition) is 1. The molecule has 0 saturated heterocycles. The molecule has 0 fully saturated rings. The van der Waals surface area contributed by atoms with E-state index in [4.69, 9.17) is 4.74 Å². The van der Waals surface area contributed by atoms with Gasteiger partial charge >= 0.3 is 18.3 Å². The van der Waals surface area contributed by atoms with Crippen molar-refractivity contribution in [3.8, 4) is 6.01 Å². The maximum absolute atomic E-state index is 12.6. The molecule has 8 heteroatoms. The second-order valence-corrected chi connectivity index (χ2v) is 4.86. The molecule has 0 radical (unpaired) electrons. The SMILES string of the molecule is Cc1cc(C(F)(F)F)ccc1C(C)NC(=O)Oc1ncccn1. The zero-order chi connectivity index (χ0) is 17.0. The molecule has 2 rings (SSSR count). The predicted molar refractivity (Wildman–Crippen MR) is 75.8 cm³/mol. The average Bonchev–Trinajstić information content (AvgIpc) is 2.46. The van der Waals surface area contributed by atoms with Gasteiger partial charge in [0, 0.05) is 12.4 Å². The van der Waals surface area contributed by atoms with Crippen LogP contribution in [0.5, 0.6) is 6.01 Å². The second-order valence-electron chi connectivity index (χ2n) is 4.86. The van der Waals surface area contributed by atoms with Crippen LogP contribution in [0.1, 0.15) is 29.7 Å². The van der Waals surface area contributed by atoms with Crippen molar-refractivity contribution < 1.29 is 22.7 Å². The summed E-state index contributed by atoms with van der Waals surface area (Å²) in [6.45, 7) is 3.19. The van der Waals surface area contributed by atoms with E-state index in [2.05, 4.69) is 15.3 Å². The van der Waals surface area contributed by atoms with Gasteiger partial charge in [0.1, 0.15) is 0 Å². The molecule has 1 atom stereocenters. The monoisotopic (exact) mass is 325 g/mol. The Bertz CT molecular complexity index is 690. The summed E-state index contributed by atoms with van der Waals surface area (Å²) in [5, 5.41) is 2.52. The lowest BCUT2D eigenvalue weighted by atomic mass is 10.00. The number of halogens is 3. The molecular formula is C15H14F3N3O2. The van der Waals surface area contributed by atoms with Crippen LogP contribution in [-0.2, 0) is 6.18 Å². The van der Waals surface area contributed by atoms with Crippen LogP contribution in [0.25, 0.3) is 0 Å². The molecule has 0 spiro atoms. The highest BCUT2D eigenvalue weighted by molar-refractivity contribution is 5.70. The molecule has 5 nitrogen and oxygen atoms in total. The van der Waals surface area contributed by atoms with Gasteiger partial charge in [-0.25, -0.2) is 14.8 Å². The van der Waals surface area contributed by atoms with E-state index in [0.717, 1.165) is 12.1 Å². The Morgan fingerprint density at radius 2 is 1.91 bits per heavy atom. The predicted octanol–water partition coefficient (Wildman–Crippen LogP) is 3.65. The Balaban J connectivity index is 2.06. The number of hydrogen-bond acceptors (Lipinski definition) is 4. The van der Waals surface area contributed by atoms with E-state index < -0.39 is 23.9 Å². The molecule has 0 aliphatic rings. The smallest absolute Gasteiger partial charge is 0.374 e. The summed E-state index contributed by atoms with van der Waals surface area (Å²) in [6, 6.07) is 4.28. The average molecular weight is 325 g/mol. The van der Waals surface area contributed by atoms with Gasteiger partial charge in [-0.1, -0.05) is 6.07 Å². The second kappa shape index (κ2) is 6.64. The Morgan fingerprint density at radius 1 is 1.26 bits per heavy atom. The molecule has 1 aromatic heterocycles. The first-order valence-electron chi connectivity index (χ1n) is 6.70. The zero-order valence-electron chi connectivity index (χ0n) is 12.4. The number of nitrogens with one attached hydrogen (secondary N) is 1. The highest BCUT2D eigenvalue weighted by Gasteiger charge is 2.31. The normalized spacial score (nSPS) is 12.6. The zero-order valence-corrected chi connectivity index (χ0v) is 12.4. The highest BCUT2D eigenvalue weighted by Crippen LogP contribution is 2.31. The minimum Gasteiger partial charge on any atom is -0.374 e. The van der Waals surface area contributed by atoms with Crippen molar-refractivity contribution in [2.45, 2.75) is 26.1 Å². The molecule has 1 amide bonds. The van der Waals surface area contributed by atoms with Crippen LogP contribution in [0.2, 0.25) is 0 Å². The Morgan fingerprint density at radius 3 is 2.48 bits per heavy atom. The Labute approximate surface area is 130 Å². The molecule has 122 valence electrons. The largest absolute Gasteiger partial charge is 0.416 e. The van der Waals surface area contributed by atoms with Crippen molar-refractivity contribution in [1.29, 1.82) is 0 Å². The Kier molecular flexibility index (Phi) is 4.83. The summed E-state index contributed by atoms with van der Waals surface area (Å²) in [7, 11) is 0. The van der Waals surface area contributed by atoms with Gasteiger partial charge in [-0.2, -0.15) is 13.2 Å². The number of alkyl halides is 3. The lowest BCUT2D eigenvalue weighted by Gasteiger charge is -2.17. The summed E-state index contributed by atoms with van der Waals surface area (Å²) in [4.78, 5) is 19.2. The van der Waals surface area contributed by atoms with Crippen molar-refractivity contribution in [3.05, 3.63) is 53.3 Å². The number of nitrogens with zero attached hydrogens (tertiary/aromatic N) is 2. The van der Waals surface area contributed by atoms with Crippen LogP contribution in [-0.4, -0.2) is 16.1 Å². The summed E-state index contributed by atoms with van der Waals surface area (Å²) < 4.78 is 42.8. The minimum absolute atomic E-state index is 0.110. The van der Waals surface area contributed by atoms with Gasteiger partial charge in [-0.05, 0) is 43.2 Å². The van der Waals surface area contributed by atoms with E-state index in [9.17, 15) is 18.0 Å². The summed E-state index contributed by atoms with van der Waals surface area (Å²) in [5.41, 5.74) is 0.249. The van der Waals surface area contributed by atoms with Gasteiger partial charge in [0.15, 0.2) is 0 Å². The summed E-state index contributed by atoms with van der Waals surface area (Å²) >= 11 is 0. The number of rotatable bonds is 3. The van der Waals surface area contributed by atoms with Crippen molar-refractivity contribution >= 4 is 6.09 Å². The quantitative estimate of drug-likeness (QED) is 0.935. The molecule has 1 heterocycles. The van der Waals surface area contributed by atoms with E-state index in [1.165, 1.54) is 18.5 Å². The van der Waals surface area contributed by atoms with Gasteiger partial charge in [0.05, 0.1) is 11.6 Å². The third kappa shape index (κ3) is 4.41. The van der Waals surface area contributed by atoms with Crippen LogP contribution in [0.15, 0.2) is 36.7 Å². The molecule has 1 aromatic carbocycles. The third-order valence-corrected chi connectivity index (χ3v) is 3.12. The molecule has 0 saturated carbocycles. The van der Waals surface area contributed by atoms with Gasteiger partial charge in [0.25, 0.3) is 0 Å². The third-order valence-electron chi connectivity index (χ3n) is 3.12. The number of benzene rings is 1. The van der Waals surface area contributed by atoms with Crippen molar-refractivity contribution in [2.75, 3.05) is 0 Å². The fourth-order valence-electron chi connectivity index (χ4n) is 2.04. The topological polar surface area (TPSA) is 64.1 Å². The molecule has 1 unspecified atom stereocenters. The highest BCUT2D eigenvalue weighted by atomic mass is 19.4. The fourth-order valence-corrected chi connectivity index (χ4v) is 2.04. The number of carbonyl (C=O) groups excluding carboxylic acids is 1. The van der Waals surface area contributed by atoms with Gasteiger partial charge in [0.2, 0.25) is 0 Å². The van der Waals surface area contributed by atoms with E-state index in [1.807, 2.05) is 0 Å². The number of aryl methyl sites for hydroxylation is 1. The van der Waals surface area contributed by atoms with Gasteiger partial charge < -0.3 is 10.1 Å². The number of ether oxygens (including phenoxy) is 1. The van der Waals surface area contributed by atoms with Crippen molar-refractivity contribution in [3.63, 3.8) is 0 Å². The molecule has 0 bridgehead atoms. The van der Waals surface area contributed by atoms with Crippen LogP contribution in [0, 0.1) is 6.92 Å². The first-order valence-corrected chi connectivity index (χ1v) is 6.70. The first kappa shape index (κ1) is 16.7. The molecule has 0 aliphatic heterocycles. The van der Waals surface area contributed by atoms with Crippen LogP contribution in [0.4, 0.5) is 18.0 Å². The van der Waals surface area contributed by atoms with E-state index in [1.54, 1.807) is 19.9 Å². The van der Waals surface area contributed by atoms with Crippen molar-refractivity contribution in [2.24, 2.45) is 0 Å². The molecule has 23 heavy (non-hydrogen) atoms. The van der Waals surface area contributed by atoms with E-state index >= 15 is 0 Å². The van der Waals surface area contributed by atoms with Gasteiger partial charge in [-0.15, -0.1) is 0 Å². The lowest BCUT2D eigenvalue weighted by Crippen LogP contribution is -2.30. The van der Waals surface area contributed by atoms with Crippen molar-refractivity contribution in [1.82, 2.24) is 15.3 Å². The molecule has 0 aliphatic carbocycles. The molecule has 2 aromatic rings. The van der Waals surface area contributed by atoms with Gasteiger partial charge in [-0.3, -0.25) is 0 Å². The number of aromatic nitrogens is 2. The van der Waals surface area contributed by atoms with Crippen LogP contribution < -0.4 is 10.1 Å². The maximum Gasteiger partial charge on any atom is 0.416 e. The molecule has 1 N–H and O–H groups in total. The van der Waals surface area contributed by atoms with E-state index in [0.29, 0.717) is 11.1 Å². The summed E-state index contributed by atoms with van der Waals surface area (Å²) in [6.07, 6.45) is -2.36. The fraction of sp³-hybridized carbons (Fsp3) is 0.267. The standard InChI is InChI=1S/C15H14F3N3O2/c1-9-8-11(15(16,17)18)4-5-12(9)10(2)21-14(22)23-13-19-6-3-7-20-13/h3-8,10H,1-2H3,(H,21,22). The first-order chi connectivity index (χ1) is 10.8. The van der Waals surface area contributed by atoms with E-state index in [-0.39, 0.29) is 6.01 Å².